The Hall–Kier alpha value is -0.380. The number of carboxylic acids is 1. The van der Waals surface area contributed by atoms with Crippen molar-refractivity contribution >= 4 is 13.3 Å². The van der Waals surface area contributed by atoms with E-state index in [1.54, 1.807) is 0 Å². The molecule has 0 rings (SSSR count). The zero-order valence-corrected chi connectivity index (χ0v) is 7.99. The van der Waals surface area contributed by atoms with Gasteiger partial charge in [0.25, 0.3) is 0 Å². The number of hydrogen-bond acceptors (Lipinski definition) is 3. The lowest BCUT2D eigenvalue weighted by atomic mass is 10.2. The summed E-state index contributed by atoms with van der Waals surface area (Å²) in [7, 11) is -3.48. The van der Waals surface area contributed by atoms with Crippen molar-refractivity contribution in [3.05, 3.63) is 0 Å². The number of carboxylic acid groups (broad SMARTS) is 1. The lowest BCUT2D eigenvalue weighted by Crippen LogP contribution is -2.22. The summed E-state index contributed by atoms with van der Waals surface area (Å²) in [4.78, 5) is 19.5. The van der Waals surface area contributed by atoms with Crippen molar-refractivity contribution in [1.29, 1.82) is 0 Å². The van der Waals surface area contributed by atoms with E-state index < -0.39 is 25.0 Å². The Balaban J connectivity index is 4.25. The van der Waals surface area contributed by atoms with Crippen LogP contribution in [0.15, 0.2) is 0 Å². The second-order valence-electron chi connectivity index (χ2n) is 2.92. The number of nitrogens with two attached hydrogens (primary N) is 1. The SMILES string of the molecule is CC(CP(=O)(O)C(C)N)C(=O)O. The average molecular weight is 195 g/mol. The Morgan fingerprint density at radius 1 is 1.58 bits per heavy atom. The third-order valence-electron chi connectivity index (χ3n) is 1.59. The van der Waals surface area contributed by atoms with Crippen LogP contribution in [0.1, 0.15) is 13.8 Å². The van der Waals surface area contributed by atoms with E-state index in [-0.39, 0.29) is 6.16 Å². The van der Waals surface area contributed by atoms with Crippen LogP contribution in [-0.4, -0.2) is 27.9 Å². The van der Waals surface area contributed by atoms with Crippen molar-refractivity contribution in [1.82, 2.24) is 0 Å². The van der Waals surface area contributed by atoms with E-state index in [2.05, 4.69) is 0 Å². The molecule has 0 fully saturated rings. The summed E-state index contributed by atoms with van der Waals surface area (Å²) in [6.45, 7) is 2.78. The van der Waals surface area contributed by atoms with Crippen molar-refractivity contribution < 1.29 is 19.4 Å². The fourth-order valence-corrected chi connectivity index (χ4v) is 1.91. The van der Waals surface area contributed by atoms with Gasteiger partial charge in [0.05, 0.1) is 11.7 Å². The van der Waals surface area contributed by atoms with Crippen molar-refractivity contribution in [3.8, 4) is 0 Å². The van der Waals surface area contributed by atoms with E-state index in [9.17, 15) is 14.3 Å². The molecule has 0 amide bonds. The molecule has 4 N–H and O–H groups in total. The average Bonchev–Trinajstić information content (AvgIpc) is 1.85. The van der Waals surface area contributed by atoms with Crippen molar-refractivity contribution in [2.24, 2.45) is 11.7 Å². The highest BCUT2D eigenvalue weighted by atomic mass is 31.2. The molecule has 6 heteroatoms. The zero-order chi connectivity index (χ0) is 9.94. The Morgan fingerprint density at radius 2 is 2.00 bits per heavy atom. The van der Waals surface area contributed by atoms with Crippen LogP contribution in [0.25, 0.3) is 0 Å². The van der Waals surface area contributed by atoms with Crippen LogP contribution in [0.4, 0.5) is 0 Å². The molecule has 0 spiro atoms. The maximum atomic E-state index is 11.2. The van der Waals surface area contributed by atoms with Crippen molar-refractivity contribution in [2.45, 2.75) is 19.6 Å². The zero-order valence-electron chi connectivity index (χ0n) is 7.10. The maximum absolute atomic E-state index is 11.2. The van der Waals surface area contributed by atoms with Crippen molar-refractivity contribution in [3.63, 3.8) is 0 Å². The Morgan fingerprint density at radius 3 is 2.25 bits per heavy atom. The standard InChI is InChI=1S/C6H14NO4P/c1-4(6(8)9)3-12(10,11)5(2)7/h4-5H,3,7H2,1-2H3,(H,8,9)(H,10,11). The molecule has 0 saturated heterocycles. The second-order valence-corrected chi connectivity index (χ2v) is 5.61. The normalized spacial score (nSPS) is 21.0. The van der Waals surface area contributed by atoms with Crippen LogP contribution in [0.5, 0.6) is 0 Å². The maximum Gasteiger partial charge on any atom is 0.306 e. The van der Waals surface area contributed by atoms with Crippen molar-refractivity contribution in [2.75, 3.05) is 6.16 Å². The molecule has 3 atom stereocenters. The molecule has 0 aromatic rings. The molecule has 72 valence electrons. The smallest absolute Gasteiger partial charge is 0.306 e. The molecule has 0 aliphatic rings. The van der Waals surface area contributed by atoms with E-state index in [1.165, 1.54) is 13.8 Å². The Kier molecular flexibility index (Phi) is 3.90. The van der Waals surface area contributed by atoms with Crippen LogP contribution < -0.4 is 5.73 Å². The molecule has 0 aliphatic heterocycles. The summed E-state index contributed by atoms with van der Waals surface area (Å²) in [6.07, 6.45) is -0.264. The van der Waals surface area contributed by atoms with Crippen LogP contribution in [0, 0.1) is 5.92 Å². The summed E-state index contributed by atoms with van der Waals surface area (Å²) in [5, 5.41) is 8.45. The van der Waals surface area contributed by atoms with E-state index in [0.29, 0.717) is 0 Å². The predicted molar refractivity (Wildman–Crippen MR) is 45.1 cm³/mol. The lowest BCUT2D eigenvalue weighted by molar-refractivity contribution is -0.140. The highest BCUT2D eigenvalue weighted by Gasteiger charge is 2.28. The quantitative estimate of drug-likeness (QED) is 0.559. The number of aliphatic carboxylic acids is 1. The van der Waals surface area contributed by atoms with Gasteiger partial charge < -0.3 is 15.7 Å². The molecule has 12 heavy (non-hydrogen) atoms. The first kappa shape index (κ1) is 11.6. The van der Waals surface area contributed by atoms with Crippen LogP contribution >= 0.6 is 7.37 Å². The third-order valence-corrected chi connectivity index (χ3v) is 3.94. The van der Waals surface area contributed by atoms with E-state index in [0.717, 1.165) is 0 Å². The molecule has 0 aromatic carbocycles. The van der Waals surface area contributed by atoms with E-state index in [1.807, 2.05) is 0 Å². The number of rotatable bonds is 4. The Bertz CT molecular complexity index is 216. The predicted octanol–water partition coefficient (Wildman–Crippen LogP) is 0.282. The first-order chi connectivity index (χ1) is 5.27. The summed E-state index contributed by atoms with van der Waals surface area (Å²) in [5.74, 6) is -2.77. The van der Waals surface area contributed by atoms with Gasteiger partial charge in [-0.2, -0.15) is 0 Å². The van der Waals surface area contributed by atoms with E-state index >= 15 is 0 Å². The fraction of sp³-hybridized carbons (Fsp3) is 0.833. The summed E-state index contributed by atoms with van der Waals surface area (Å²) >= 11 is 0. The third kappa shape index (κ3) is 3.34. The summed E-state index contributed by atoms with van der Waals surface area (Å²) in [5.41, 5.74) is 5.21. The monoisotopic (exact) mass is 195 g/mol. The first-order valence-electron chi connectivity index (χ1n) is 3.57. The lowest BCUT2D eigenvalue weighted by Gasteiger charge is -2.16. The number of hydrogen-bond donors (Lipinski definition) is 3. The van der Waals surface area contributed by atoms with Gasteiger partial charge in [0.1, 0.15) is 0 Å². The largest absolute Gasteiger partial charge is 0.481 e. The summed E-state index contributed by atoms with van der Waals surface area (Å²) in [6, 6.07) is 0. The topological polar surface area (TPSA) is 101 Å². The fourth-order valence-electron chi connectivity index (χ4n) is 0.637. The van der Waals surface area contributed by atoms with Gasteiger partial charge in [-0.05, 0) is 6.92 Å². The van der Waals surface area contributed by atoms with Crippen LogP contribution in [0.3, 0.4) is 0 Å². The molecular weight excluding hydrogens is 181 g/mol. The molecular formula is C6H14NO4P. The molecule has 0 heterocycles. The molecule has 0 radical (unpaired) electrons. The highest BCUT2D eigenvalue weighted by molar-refractivity contribution is 7.58. The minimum Gasteiger partial charge on any atom is -0.481 e. The Labute approximate surface area is 71.0 Å². The van der Waals surface area contributed by atoms with Crippen LogP contribution in [0.2, 0.25) is 0 Å². The van der Waals surface area contributed by atoms with Gasteiger partial charge in [-0.1, -0.05) is 6.92 Å². The molecule has 0 bridgehead atoms. The molecule has 3 unspecified atom stereocenters. The minimum atomic E-state index is -3.48. The minimum absolute atomic E-state index is 0.264. The number of carbonyl (C=O) groups is 1. The highest BCUT2D eigenvalue weighted by Crippen LogP contribution is 2.45. The summed E-state index contributed by atoms with van der Waals surface area (Å²) < 4.78 is 11.2. The first-order valence-corrected chi connectivity index (χ1v) is 5.48. The van der Waals surface area contributed by atoms with Gasteiger partial charge in [-0.15, -0.1) is 0 Å². The van der Waals surface area contributed by atoms with Gasteiger partial charge in [0.2, 0.25) is 7.37 Å². The van der Waals surface area contributed by atoms with Gasteiger partial charge in [-0.3, -0.25) is 9.36 Å². The molecule has 5 nitrogen and oxygen atoms in total. The van der Waals surface area contributed by atoms with Crippen LogP contribution in [-0.2, 0) is 9.36 Å². The second kappa shape index (κ2) is 4.03. The van der Waals surface area contributed by atoms with Gasteiger partial charge in [0, 0.05) is 6.16 Å². The van der Waals surface area contributed by atoms with E-state index in [4.69, 9.17) is 10.8 Å². The van der Waals surface area contributed by atoms with Gasteiger partial charge >= 0.3 is 5.97 Å². The van der Waals surface area contributed by atoms with Gasteiger partial charge in [0.15, 0.2) is 0 Å². The molecule has 0 aromatic heterocycles. The van der Waals surface area contributed by atoms with Gasteiger partial charge in [-0.25, -0.2) is 0 Å². The molecule has 0 saturated carbocycles. The molecule has 0 aliphatic carbocycles.